The van der Waals surface area contributed by atoms with Crippen LogP contribution in [0.15, 0.2) is 54.7 Å². The molecule has 8 heteroatoms. The standard InChI is InChI=1S/C25H26F3N3O2/c1-30(16-17-3-4-20-14-22(33-2)7-5-19(20)13-17)24(32)18-9-11-31(12-10-18)23-8-6-21(15-29-23)25(26,27)28/h3-8,13-15,18H,9-12,16H2,1-2H3. The second-order valence-electron chi connectivity index (χ2n) is 8.41. The zero-order valence-electron chi connectivity index (χ0n) is 18.6. The van der Waals surface area contributed by atoms with E-state index < -0.39 is 11.7 Å². The van der Waals surface area contributed by atoms with E-state index in [-0.39, 0.29) is 11.8 Å². The Labute approximate surface area is 190 Å². The number of aromatic nitrogens is 1. The van der Waals surface area contributed by atoms with Crippen molar-refractivity contribution in [1.82, 2.24) is 9.88 Å². The van der Waals surface area contributed by atoms with Gasteiger partial charge in [-0.15, -0.1) is 0 Å². The average Bonchev–Trinajstić information content (AvgIpc) is 2.83. The van der Waals surface area contributed by atoms with E-state index in [0.717, 1.165) is 34.3 Å². The number of halogens is 3. The Morgan fingerprint density at radius 1 is 1.09 bits per heavy atom. The number of anilines is 1. The Balaban J connectivity index is 1.34. The molecule has 1 aliphatic heterocycles. The fourth-order valence-electron chi connectivity index (χ4n) is 4.26. The largest absolute Gasteiger partial charge is 0.497 e. The van der Waals surface area contributed by atoms with Gasteiger partial charge in [0.1, 0.15) is 11.6 Å². The normalized spacial score (nSPS) is 15.0. The van der Waals surface area contributed by atoms with Crippen LogP contribution < -0.4 is 9.64 Å². The van der Waals surface area contributed by atoms with E-state index in [2.05, 4.69) is 11.1 Å². The number of amides is 1. The summed E-state index contributed by atoms with van der Waals surface area (Å²) in [5, 5.41) is 2.17. The molecule has 2 heterocycles. The van der Waals surface area contributed by atoms with Crippen LogP contribution in [0.5, 0.6) is 5.75 Å². The average molecular weight is 457 g/mol. The zero-order valence-corrected chi connectivity index (χ0v) is 18.6. The molecule has 2 aromatic carbocycles. The number of rotatable bonds is 5. The number of pyridine rings is 1. The van der Waals surface area contributed by atoms with Gasteiger partial charge in [-0.1, -0.05) is 18.2 Å². The van der Waals surface area contributed by atoms with E-state index in [1.54, 1.807) is 12.0 Å². The Kier molecular flexibility index (Phi) is 6.44. The number of nitrogens with zero attached hydrogens (tertiary/aromatic N) is 3. The lowest BCUT2D eigenvalue weighted by molar-refractivity contribution is -0.138. The van der Waals surface area contributed by atoms with Crippen LogP contribution in [0.4, 0.5) is 19.0 Å². The summed E-state index contributed by atoms with van der Waals surface area (Å²) in [6.07, 6.45) is -2.25. The minimum Gasteiger partial charge on any atom is -0.497 e. The summed E-state index contributed by atoms with van der Waals surface area (Å²) in [6, 6.07) is 14.5. The molecule has 33 heavy (non-hydrogen) atoms. The summed E-state index contributed by atoms with van der Waals surface area (Å²) in [4.78, 5) is 20.6. The van der Waals surface area contributed by atoms with Crippen molar-refractivity contribution in [3.63, 3.8) is 0 Å². The van der Waals surface area contributed by atoms with Crippen molar-refractivity contribution in [2.24, 2.45) is 5.92 Å². The maximum atomic E-state index is 13.0. The van der Waals surface area contributed by atoms with Crippen LogP contribution in [0.2, 0.25) is 0 Å². The number of fused-ring (bicyclic) bond motifs is 1. The first kappa shape index (κ1) is 22.9. The minimum atomic E-state index is -4.40. The van der Waals surface area contributed by atoms with Gasteiger partial charge < -0.3 is 14.5 Å². The molecule has 4 rings (SSSR count). The molecule has 0 N–H and O–H groups in total. The lowest BCUT2D eigenvalue weighted by Crippen LogP contribution is -2.41. The molecule has 0 atom stereocenters. The Bertz CT molecular complexity index is 1120. The molecular weight excluding hydrogens is 431 g/mol. The van der Waals surface area contributed by atoms with Crippen molar-refractivity contribution in [2.45, 2.75) is 25.6 Å². The Morgan fingerprint density at radius 3 is 2.42 bits per heavy atom. The number of piperidine rings is 1. The van der Waals surface area contributed by atoms with Gasteiger partial charge in [-0.25, -0.2) is 4.98 Å². The number of hydrogen-bond acceptors (Lipinski definition) is 4. The predicted molar refractivity (Wildman–Crippen MR) is 121 cm³/mol. The lowest BCUT2D eigenvalue weighted by atomic mass is 9.95. The first-order valence-electron chi connectivity index (χ1n) is 10.8. The van der Waals surface area contributed by atoms with Crippen molar-refractivity contribution in [3.8, 4) is 5.75 Å². The van der Waals surface area contributed by atoms with Crippen LogP contribution in [0.25, 0.3) is 10.8 Å². The van der Waals surface area contributed by atoms with E-state index in [4.69, 9.17) is 4.74 Å². The van der Waals surface area contributed by atoms with Crippen molar-refractivity contribution in [1.29, 1.82) is 0 Å². The summed E-state index contributed by atoms with van der Waals surface area (Å²) in [7, 11) is 3.45. The van der Waals surface area contributed by atoms with Crippen molar-refractivity contribution in [2.75, 3.05) is 32.1 Å². The maximum absolute atomic E-state index is 13.0. The highest BCUT2D eigenvalue weighted by Crippen LogP contribution is 2.30. The van der Waals surface area contributed by atoms with Crippen LogP contribution >= 0.6 is 0 Å². The number of benzene rings is 2. The molecule has 0 unspecified atom stereocenters. The molecule has 174 valence electrons. The fraction of sp³-hybridized carbons (Fsp3) is 0.360. The van der Waals surface area contributed by atoms with Gasteiger partial charge >= 0.3 is 6.18 Å². The highest BCUT2D eigenvalue weighted by atomic mass is 19.4. The van der Waals surface area contributed by atoms with Crippen LogP contribution in [0, 0.1) is 5.92 Å². The quantitative estimate of drug-likeness (QED) is 0.533. The third kappa shape index (κ3) is 5.21. The molecule has 0 saturated carbocycles. The number of carbonyl (C=O) groups is 1. The van der Waals surface area contributed by atoms with E-state index in [9.17, 15) is 18.0 Å². The first-order chi connectivity index (χ1) is 15.7. The monoisotopic (exact) mass is 457 g/mol. The second kappa shape index (κ2) is 9.29. The molecule has 0 bridgehead atoms. The van der Waals surface area contributed by atoms with Gasteiger partial charge in [-0.2, -0.15) is 13.2 Å². The molecule has 0 radical (unpaired) electrons. The summed E-state index contributed by atoms with van der Waals surface area (Å²) in [5.74, 6) is 1.30. The summed E-state index contributed by atoms with van der Waals surface area (Å²) in [5.41, 5.74) is 0.292. The number of ether oxygens (including phenoxy) is 1. The van der Waals surface area contributed by atoms with Gasteiger partial charge in [0.2, 0.25) is 5.91 Å². The molecule has 3 aromatic rings. The molecule has 0 spiro atoms. The molecular formula is C25H26F3N3O2. The third-order valence-electron chi connectivity index (χ3n) is 6.15. The second-order valence-corrected chi connectivity index (χ2v) is 8.41. The van der Waals surface area contributed by atoms with Gasteiger partial charge in [0.25, 0.3) is 0 Å². The van der Waals surface area contributed by atoms with E-state index in [1.807, 2.05) is 42.3 Å². The third-order valence-corrected chi connectivity index (χ3v) is 6.15. The number of carbonyl (C=O) groups excluding carboxylic acids is 1. The molecule has 1 fully saturated rings. The predicted octanol–water partition coefficient (Wildman–Crippen LogP) is 5.14. The zero-order chi connectivity index (χ0) is 23.6. The topological polar surface area (TPSA) is 45.7 Å². The Hall–Kier alpha value is -3.29. The number of alkyl halides is 3. The highest BCUT2D eigenvalue weighted by Gasteiger charge is 2.32. The van der Waals surface area contributed by atoms with Gasteiger partial charge in [-0.05, 0) is 59.5 Å². The Morgan fingerprint density at radius 2 is 1.79 bits per heavy atom. The lowest BCUT2D eigenvalue weighted by Gasteiger charge is -2.34. The SMILES string of the molecule is COc1ccc2cc(CN(C)C(=O)C3CCN(c4ccc(C(F)(F)F)cn4)CC3)ccc2c1. The molecule has 1 saturated heterocycles. The van der Waals surface area contributed by atoms with Crippen LogP contribution in [0.3, 0.4) is 0 Å². The van der Waals surface area contributed by atoms with Crippen molar-refractivity contribution < 1.29 is 22.7 Å². The summed E-state index contributed by atoms with van der Waals surface area (Å²) < 4.78 is 43.5. The molecule has 5 nitrogen and oxygen atoms in total. The number of methoxy groups -OCH3 is 1. The fourth-order valence-corrected chi connectivity index (χ4v) is 4.26. The molecule has 0 aliphatic carbocycles. The molecule has 1 amide bonds. The maximum Gasteiger partial charge on any atom is 0.417 e. The van der Waals surface area contributed by atoms with Crippen LogP contribution in [-0.2, 0) is 17.5 Å². The van der Waals surface area contributed by atoms with E-state index in [1.165, 1.54) is 6.07 Å². The van der Waals surface area contributed by atoms with E-state index >= 15 is 0 Å². The number of hydrogen-bond donors (Lipinski definition) is 0. The molecule has 1 aromatic heterocycles. The van der Waals surface area contributed by atoms with Gasteiger partial charge in [0, 0.05) is 38.8 Å². The van der Waals surface area contributed by atoms with Gasteiger partial charge in [-0.3, -0.25) is 4.79 Å². The molecule has 1 aliphatic rings. The smallest absolute Gasteiger partial charge is 0.417 e. The minimum absolute atomic E-state index is 0.0878. The van der Waals surface area contributed by atoms with Crippen molar-refractivity contribution in [3.05, 3.63) is 65.9 Å². The van der Waals surface area contributed by atoms with Crippen molar-refractivity contribution >= 4 is 22.5 Å². The highest BCUT2D eigenvalue weighted by molar-refractivity contribution is 5.85. The van der Waals surface area contributed by atoms with Crippen LogP contribution in [-0.4, -0.2) is 43.0 Å². The van der Waals surface area contributed by atoms with Crippen LogP contribution in [0.1, 0.15) is 24.0 Å². The van der Waals surface area contributed by atoms with Gasteiger partial charge in [0.05, 0.1) is 12.7 Å². The first-order valence-corrected chi connectivity index (χ1v) is 10.8. The summed E-state index contributed by atoms with van der Waals surface area (Å²) in [6.45, 7) is 1.68. The summed E-state index contributed by atoms with van der Waals surface area (Å²) >= 11 is 0. The van der Waals surface area contributed by atoms with E-state index in [0.29, 0.717) is 38.3 Å². The van der Waals surface area contributed by atoms with Gasteiger partial charge in [0.15, 0.2) is 0 Å².